The predicted octanol–water partition coefficient (Wildman–Crippen LogP) is 3.32. The predicted molar refractivity (Wildman–Crippen MR) is 75.2 cm³/mol. The molecule has 0 aliphatic carbocycles. The van der Waals surface area contributed by atoms with Gasteiger partial charge in [-0.15, -0.1) is 5.11 Å². The molecule has 21 heavy (non-hydrogen) atoms. The second kappa shape index (κ2) is 5.49. The first-order chi connectivity index (χ1) is 10.2. The van der Waals surface area contributed by atoms with Crippen molar-refractivity contribution in [2.24, 2.45) is 10.2 Å². The van der Waals surface area contributed by atoms with Gasteiger partial charge < -0.3 is 0 Å². The first-order valence-electron chi connectivity index (χ1n) is 6.12. The van der Waals surface area contributed by atoms with Gasteiger partial charge in [0.15, 0.2) is 5.69 Å². The lowest BCUT2D eigenvalue weighted by atomic mass is 10.2. The third kappa shape index (κ3) is 2.76. The topological polar surface area (TPSA) is 86.3 Å². The number of hydrogen-bond acceptors (Lipinski definition) is 4. The minimum atomic E-state index is -0.382. The van der Waals surface area contributed by atoms with Crippen molar-refractivity contribution in [3.05, 3.63) is 65.0 Å². The molecule has 6 nitrogen and oxygen atoms in total. The van der Waals surface area contributed by atoms with Crippen LogP contribution in [0.1, 0.15) is 0 Å². The number of azo groups is 1. The zero-order valence-electron chi connectivity index (χ0n) is 10.7. The highest BCUT2D eigenvalue weighted by Gasteiger charge is 2.11. The number of H-pyrrole nitrogens is 2. The van der Waals surface area contributed by atoms with Crippen molar-refractivity contribution < 1.29 is 4.39 Å². The van der Waals surface area contributed by atoms with Crippen molar-refractivity contribution in [3.63, 3.8) is 0 Å². The van der Waals surface area contributed by atoms with E-state index in [4.69, 9.17) is 0 Å². The van der Waals surface area contributed by atoms with Gasteiger partial charge in [0.25, 0.3) is 5.56 Å². The van der Waals surface area contributed by atoms with E-state index in [2.05, 4.69) is 25.4 Å². The molecule has 2 aromatic heterocycles. The number of pyridine rings is 1. The normalized spacial score (nSPS) is 11.1. The minimum Gasteiger partial charge on any atom is -0.295 e. The summed E-state index contributed by atoms with van der Waals surface area (Å²) in [5.41, 5.74) is 1.51. The van der Waals surface area contributed by atoms with Gasteiger partial charge in [-0.1, -0.05) is 0 Å². The van der Waals surface area contributed by atoms with E-state index >= 15 is 0 Å². The Bertz CT molecular complexity index is 821. The standard InChI is InChI=1S/C14H10FN5O/c15-10-1-3-11(4-2-10)17-19-13-12(18-20-14(13)21)9-5-7-16-8-6-9/h1-8H,(H2,18,20,21). The number of halogens is 1. The van der Waals surface area contributed by atoms with Gasteiger partial charge in [0.05, 0.1) is 11.4 Å². The van der Waals surface area contributed by atoms with Crippen LogP contribution in [0.4, 0.5) is 15.8 Å². The van der Waals surface area contributed by atoms with E-state index in [9.17, 15) is 9.18 Å². The van der Waals surface area contributed by atoms with Crippen LogP contribution in [0.3, 0.4) is 0 Å². The first-order valence-corrected chi connectivity index (χ1v) is 6.12. The zero-order valence-corrected chi connectivity index (χ0v) is 10.7. The van der Waals surface area contributed by atoms with Crippen molar-refractivity contribution in [1.29, 1.82) is 0 Å². The second-order valence-electron chi connectivity index (χ2n) is 4.22. The van der Waals surface area contributed by atoms with Crippen LogP contribution in [-0.4, -0.2) is 15.2 Å². The molecule has 104 valence electrons. The lowest BCUT2D eigenvalue weighted by Crippen LogP contribution is -1.96. The summed E-state index contributed by atoms with van der Waals surface area (Å²) in [6, 6.07) is 9.00. The summed E-state index contributed by atoms with van der Waals surface area (Å²) in [6.45, 7) is 0. The van der Waals surface area contributed by atoms with E-state index in [1.165, 1.54) is 24.3 Å². The van der Waals surface area contributed by atoms with Gasteiger partial charge in [-0.3, -0.25) is 20.0 Å². The maximum absolute atomic E-state index is 12.8. The van der Waals surface area contributed by atoms with Crippen LogP contribution < -0.4 is 5.56 Å². The number of benzene rings is 1. The molecule has 0 atom stereocenters. The van der Waals surface area contributed by atoms with E-state index in [0.29, 0.717) is 11.4 Å². The van der Waals surface area contributed by atoms with Crippen LogP contribution in [0.5, 0.6) is 0 Å². The number of rotatable bonds is 3. The molecular formula is C14H10FN5O. The van der Waals surface area contributed by atoms with Crippen LogP contribution in [0.15, 0.2) is 63.8 Å². The molecule has 2 N–H and O–H groups in total. The van der Waals surface area contributed by atoms with Crippen molar-refractivity contribution >= 4 is 11.4 Å². The Balaban J connectivity index is 1.98. The third-order valence-corrected chi connectivity index (χ3v) is 2.81. The Kier molecular flexibility index (Phi) is 3.38. The van der Waals surface area contributed by atoms with Gasteiger partial charge in [0.2, 0.25) is 0 Å². The molecule has 0 bridgehead atoms. The zero-order chi connectivity index (χ0) is 14.7. The average molecular weight is 283 g/mol. The Morgan fingerprint density at radius 3 is 2.38 bits per heavy atom. The lowest BCUT2D eigenvalue weighted by molar-refractivity contribution is 0.628. The van der Waals surface area contributed by atoms with Gasteiger partial charge >= 0.3 is 0 Å². The van der Waals surface area contributed by atoms with Crippen molar-refractivity contribution in [1.82, 2.24) is 15.2 Å². The monoisotopic (exact) mass is 283 g/mol. The summed E-state index contributed by atoms with van der Waals surface area (Å²) in [4.78, 5) is 15.7. The van der Waals surface area contributed by atoms with Crippen LogP contribution in [0.2, 0.25) is 0 Å². The molecular weight excluding hydrogens is 273 g/mol. The molecule has 3 rings (SSSR count). The third-order valence-electron chi connectivity index (χ3n) is 2.81. The fourth-order valence-electron chi connectivity index (χ4n) is 1.79. The van der Waals surface area contributed by atoms with Gasteiger partial charge in [-0.25, -0.2) is 4.39 Å². The molecule has 0 saturated heterocycles. The van der Waals surface area contributed by atoms with Crippen molar-refractivity contribution in [2.75, 3.05) is 0 Å². The highest BCUT2D eigenvalue weighted by Crippen LogP contribution is 2.25. The number of nitrogens with one attached hydrogen (secondary N) is 2. The molecule has 1 aromatic carbocycles. The number of aromatic amines is 2. The quantitative estimate of drug-likeness (QED) is 0.722. The van der Waals surface area contributed by atoms with Gasteiger partial charge in [-0.2, -0.15) is 5.11 Å². The Morgan fingerprint density at radius 2 is 1.67 bits per heavy atom. The van der Waals surface area contributed by atoms with Gasteiger partial charge in [-0.05, 0) is 36.4 Å². The summed E-state index contributed by atoms with van der Waals surface area (Å²) in [7, 11) is 0. The van der Waals surface area contributed by atoms with Crippen molar-refractivity contribution in [3.8, 4) is 11.3 Å². The molecule has 0 amide bonds. The van der Waals surface area contributed by atoms with Crippen LogP contribution in [-0.2, 0) is 0 Å². The van der Waals surface area contributed by atoms with E-state index in [1.807, 2.05) is 0 Å². The average Bonchev–Trinajstić information content (AvgIpc) is 2.89. The molecule has 0 spiro atoms. The van der Waals surface area contributed by atoms with E-state index in [-0.39, 0.29) is 17.1 Å². The Morgan fingerprint density at radius 1 is 0.952 bits per heavy atom. The summed E-state index contributed by atoms with van der Waals surface area (Å²) >= 11 is 0. The fraction of sp³-hybridized carbons (Fsp3) is 0. The van der Waals surface area contributed by atoms with Crippen LogP contribution in [0.25, 0.3) is 11.3 Å². The highest BCUT2D eigenvalue weighted by molar-refractivity contribution is 5.70. The molecule has 3 aromatic rings. The van der Waals surface area contributed by atoms with E-state index in [0.717, 1.165) is 5.56 Å². The SMILES string of the molecule is O=c1[nH][nH]c(-c2ccncc2)c1N=Nc1ccc(F)cc1. The van der Waals surface area contributed by atoms with E-state index < -0.39 is 0 Å². The molecule has 0 aliphatic heterocycles. The number of hydrogen-bond donors (Lipinski definition) is 2. The van der Waals surface area contributed by atoms with Gasteiger partial charge in [0, 0.05) is 18.0 Å². The van der Waals surface area contributed by atoms with Crippen molar-refractivity contribution in [2.45, 2.75) is 0 Å². The molecule has 0 radical (unpaired) electrons. The fourth-order valence-corrected chi connectivity index (χ4v) is 1.79. The first kappa shape index (κ1) is 12.9. The Hall–Kier alpha value is -3.09. The summed E-state index contributed by atoms with van der Waals surface area (Å²) in [5.74, 6) is -0.356. The summed E-state index contributed by atoms with van der Waals surface area (Å²) < 4.78 is 12.8. The minimum absolute atomic E-state index is 0.158. The molecule has 0 aliphatic rings. The molecule has 7 heteroatoms. The smallest absolute Gasteiger partial charge is 0.292 e. The highest BCUT2D eigenvalue weighted by atomic mass is 19.1. The second-order valence-corrected chi connectivity index (χ2v) is 4.22. The molecule has 0 saturated carbocycles. The van der Waals surface area contributed by atoms with Crippen LogP contribution >= 0.6 is 0 Å². The number of nitrogens with zero attached hydrogens (tertiary/aromatic N) is 3. The summed E-state index contributed by atoms with van der Waals surface area (Å²) in [5, 5.41) is 13.1. The van der Waals surface area contributed by atoms with E-state index in [1.54, 1.807) is 24.5 Å². The largest absolute Gasteiger partial charge is 0.295 e. The molecule has 0 fully saturated rings. The summed E-state index contributed by atoms with van der Waals surface area (Å²) in [6.07, 6.45) is 3.23. The van der Waals surface area contributed by atoms with Gasteiger partial charge in [0.1, 0.15) is 5.82 Å². The number of aromatic nitrogens is 3. The lowest BCUT2D eigenvalue weighted by Gasteiger charge is -1.97. The van der Waals surface area contributed by atoms with Crippen LogP contribution in [0, 0.1) is 5.82 Å². The molecule has 2 heterocycles. The maximum atomic E-state index is 12.8. The maximum Gasteiger partial charge on any atom is 0.292 e. The Labute approximate surface area is 118 Å². The molecule has 0 unspecified atom stereocenters.